The fraction of sp³-hybridized carbons (Fsp3) is 0.450. The number of hydrogen-bond acceptors (Lipinski definition) is 2. The lowest BCUT2D eigenvalue weighted by Gasteiger charge is -2.16. The number of Topliss-reactive ketones (excluding diaryl/α,β-unsaturated/α-hetero) is 1. The molecular formula is C20H26O2. The van der Waals surface area contributed by atoms with Crippen LogP contribution in [-0.2, 0) is 4.79 Å². The topological polar surface area (TPSA) is 26.3 Å². The van der Waals surface area contributed by atoms with Gasteiger partial charge in [0.2, 0.25) is 0 Å². The van der Waals surface area contributed by atoms with Crippen molar-refractivity contribution in [2.24, 2.45) is 0 Å². The first-order valence-corrected chi connectivity index (χ1v) is 7.91. The standard InChI is InChI=1S/C20H26O2/c1-13(2)16-10-17(12-20(21)19(11-16)14(3)4)15-6-8-18(22-5)9-7-15/h6-9,17H,10-12H2,1-5H3. The van der Waals surface area contributed by atoms with Gasteiger partial charge in [0, 0.05) is 6.42 Å². The molecule has 22 heavy (non-hydrogen) atoms. The van der Waals surface area contributed by atoms with Crippen LogP contribution < -0.4 is 4.74 Å². The summed E-state index contributed by atoms with van der Waals surface area (Å²) in [5.41, 5.74) is 6.13. The highest BCUT2D eigenvalue weighted by Gasteiger charge is 2.26. The molecule has 2 rings (SSSR count). The number of carbonyl (C=O) groups is 1. The summed E-state index contributed by atoms with van der Waals surface area (Å²) in [6.45, 7) is 8.39. The molecule has 0 radical (unpaired) electrons. The Hall–Kier alpha value is -1.83. The Labute approximate surface area is 133 Å². The van der Waals surface area contributed by atoms with E-state index in [0.717, 1.165) is 29.7 Å². The molecule has 0 amide bonds. The molecule has 0 aromatic heterocycles. The van der Waals surface area contributed by atoms with Crippen molar-refractivity contribution in [3.05, 3.63) is 52.1 Å². The fourth-order valence-electron chi connectivity index (χ4n) is 3.05. The van der Waals surface area contributed by atoms with Crippen molar-refractivity contribution in [3.63, 3.8) is 0 Å². The van der Waals surface area contributed by atoms with Gasteiger partial charge in [-0.1, -0.05) is 28.9 Å². The van der Waals surface area contributed by atoms with Gasteiger partial charge in [-0.05, 0) is 69.7 Å². The van der Waals surface area contributed by atoms with Crippen molar-refractivity contribution in [2.45, 2.75) is 52.9 Å². The second-order valence-electron chi connectivity index (χ2n) is 6.56. The molecule has 1 aliphatic carbocycles. The number of hydrogen-bond donors (Lipinski definition) is 0. The molecule has 1 aromatic rings. The van der Waals surface area contributed by atoms with Crippen molar-refractivity contribution >= 4 is 5.78 Å². The molecule has 0 spiro atoms. The van der Waals surface area contributed by atoms with Gasteiger partial charge in [-0.2, -0.15) is 0 Å². The lowest BCUT2D eigenvalue weighted by Crippen LogP contribution is -2.06. The molecule has 0 aliphatic heterocycles. The molecule has 1 aromatic carbocycles. The van der Waals surface area contributed by atoms with E-state index in [-0.39, 0.29) is 5.92 Å². The monoisotopic (exact) mass is 298 g/mol. The molecule has 118 valence electrons. The maximum Gasteiger partial charge on any atom is 0.159 e. The molecule has 1 saturated carbocycles. The second kappa shape index (κ2) is 6.95. The predicted molar refractivity (Wildman–Crippen MR) is 91.3 cm³/mol. The van der Waals surface area contributed by atoms with E-state index in [1.54, 1.807) is 7.11 Å². The molecule has 2 heteroatoms. The zero-order valence-corrected chi connectivity index (χ0v) is 14.3. The lowest BCUT2D eigenvalue weighted by atomic mass is 9.89. The first kappa shape index (κ1) is 16.5. The molecule has 2 nitrogen and oxygen atoms in total. The van der Waals surface area contributed by atoms with E-state index in [1.807, 2.05) is 26.0 Å². The van der Waals surface area contributed by atoms with Gasteiger partial charge in [-0.3, -0.25) is 4.79 Å². The average Bonchev–Trinajstić information content (AvgIpc) is 2.66. The summed E-state index contributed by atoms with van der Waals surface area (Å²) in [5.74, 6) is 1.42. The van der Waals surface area contributed by atoms with Crippen LogP contribution in [0, 0.1) is 0 Å². The van der Waals surface area contributed by atoms with Crippen LogP contribution in [0.15, 0.2) is 46.6 Å². The first-order chi connectivity index (χ1) is 10.4. The maximum absolute atomic E-state index is 12.6. The van der Waals surface area contributed by atoms with Crippen molar-refractivity contribution < 1.29 is 9.53 Å². The fourth-order valence-corrected chi connectivity index (χ4v) is 3.05. The minimum Gasteiger partial charge on any atom is -0.497 e. The number of rotatable bonds is 2. The molecule has 0 N–H and O–H groups in total. The summed E-state index contributed by atoms with van der Waals surface area (Å²) < 4.78 is 5.23. The minimum absolute atomic E-state index is 0.264. The highest BCUT2D eigenvalue weighted by atomic mass is 16.5. The molecule has 0 bridgehead atoms. The van der Waals surface area contributed by atoms with E-state index < -0.39 is 0 Å². The normalized spacial score (nSPS) is 19.0. The average molecular weight is 298 g/mol. The number of benzene rings is 1. The Morgan fingerprint density at radius 3 is 2.14 bits per heavy atom. The first-order valence-electron chi connectivity index (χ1n) is 7.91. The molecule has 1 unspecified atom stereocenters. The van der Waals surface area contributed by atoms with Crippen LogP contribution in [0.1, 0.15) is 58.4 Å². The van der Waals surface area contributed by atoms with E-state index >= 15 is 0 Å². The minimum atomic E-state index is 0.264. The molecular weight excluding hydrogens is 272 g/mol. The largest absolute Gasteiger partial charge is 0.497 e. The van der Waals surface area contributed by atoms with Crippen LogP contribution in [0.2, 0.25) is 0 Å². The van der Waals surface area contributed by atoms with Crippen LogP contribution in [0.5, 0.6) is 5.75 Å². The Balaban J connectivity index is 2.38. The number of allylic oxidation sites excluding steroid dienone is 4. The van der Waals surface area contributed by atoms with Crippen molar-refractivity contribution in [1.82, 2.24) is 0 Å². The quantitative estimate of drug-likeness (QED) is 0.426. The predicted octanol–water partition coefficient (Wildman–Crippen LogP) is 5.20. The molecule has 1 fully saturated rings. The van der Waals surface area contributed by atoms with Gasteiger partial charge in [-0.25, -0.2) is 0 Å². The van der Waals surface area contributed by atoms with Crippen LogP contribution in [0.4, 0.5) is 0 Å². The summed E-state index contributed by atoms with van der Waals surface area (Å²) in [4.78, 5) is 12.6. The van der Waals surface area contributed by atoms with Gasteiger partial charge in [-0.15, -0.1) is 0 Å². The van der Waals surface area contributed by atoms with Crippen molar-refractivity contribution in [1.29, 1.82) is 0 Å². The number of ketones is 1. The maximum atomic E-state index is 12.6. The van der Waals surface area contributed by atoms with Crippen LogP contribution >= 0.6 is 0 Å². The van der Waals surface area contributed by atoms with Crippen LogP contribution in [-0.4, -0.2) is 12.9 Å². The summed E-state index contributed by atoms with van der Waals surface area (Å²) in [6, 6.07) is 8.14. The number of carbonyl (C=O) groups excluding carboxylic acids is 1. The van der Waals surface area contributed by atoms with E-state index in [1.165, 1.54) is 16.7 Å². The summed E-state index contributed by atoms with van der Waals surface area (Å²) in [5, 5.41) is 0. The van der Waals surface area contributed by atoms with Gasteiger partial charge >= 0.3 is 0 Å². The smallest absolute Gasteiger partial charge is 0.159 e. The second-order valence-corrected chi connectivity index (χ2v) is 6.56. The Kier molecular flexibility index (Phi) is 5.23. The third-order valence-corrected chi connectivity index (χ3v) is 4.55. The summed E-state index contributed by atoms with van der Waals surface area (Å²) in [7, 11) is 1.67. The number of ether oxygens (including phenoxy) is 1. The van der Waals surface area contributed by atoms with E-state index in [0.29, 0.717) is 12.2 Å². The van der Waals surface area contributed by atoms with Gasteiger partial charge in [0.15, 0.2) is 5.78 Å². The summed E-state index contributed by atoms with van der Waals surface area (Å²) in [6.07, 6.45) is 2.39. The Morgan fingerprint density at radius 1 is 1.00 bits per heavy atom. The molecule has 0 heterocycles. The lowest BCUT2D eigenvalue weighted by molar-refractivity contribution is -0.115. The van der Waals surface area contributed by atoms with E-state index in [4.69, 9.17) is 4.74 Å². The van der Waals surface area contributed by atoms with Crippen LogP contribution in [0.3, 0.4) is 0 Å². The summed E-state index contributed by atoms with van der Waals surface area (Å²) >= 11 is 0. The van der Waals surface area contributed by atoms with Crippen molar-refractivity contribution in [2.75, 3.05) is 7.11 Å². The van der Waals surface area contributed by atoms with Gasteiger partial charge in [0.05, 0.1) is 7.11 Å². The van der Waals surface area contributed by atoms with Crippen LogP contribution in [0.25, 0.3) is 0 Å². The third kappa shape index (κ3) is 3.68. The molecule has 0 saturated heterocycles. The van der Waals surface area contributed by atoms with Gasteiger partial charge in [0.1, 0.15) is 5.75 Å². The van der Waals surface area contributed by atoms with Gasteiger partial charge in [0.25, 0.3) is 0 Å². The highest BCUT2D eigenvalue weighted by Crippen LogP contribution is 2.37. The SMILES string of the molecule is COc1ccc(C2CC(=O)C(=C(C)C)CC(=C(C)C)C2)cc1. The Bertz CT molecular complexity index is 610. The Morgan fingerprint density at radius 2 is 1.64 bits per heavy atom. The van der Waals surface area contributed by atoms with Gasteiger partial charge < -0.3 is 4.74 Å². The third-order valence-electron chi connectivity index (χ3n) is 4.55. The highest BCUT2D eigenvalue weighted by molar-refractivity contribution is 5.97. The molecule has 1 aliphatic rings. The number of methoxy groups -OCH3 is 1. The molecule has 1 atom stereocenters. The zero-order chi connectivity index (χ0) is 16.3. The van der Waals surface area contributed by atoms with E-state index in [9.17, 15) is 4.79 Å². The zero-order valence-electron chi connectivity index (χ0n) is 14.3. The van der Waals surface area contributed by atoms with E-state index in [2.05, 4.69) is 26.0 Å². The van der Waals surface area contributed by atoms with Crippen molar-refractivity contribution in [3.8, 4) is 5.75 Å².